The minimum Gasteiger partial charge on any atom is -0.507 e. The van der Waals surface area contributed by atoms with E-state index < -0.39 is 17.7 Å². The number of hydrogen-bond acceptors (Lipinski definition) is 6. The molecule has 7 heteroatoms. The second kappa shape index (κ2) is 10.2. The Bertz CT molecular complexity index is 1460. The predicted octanol–water partition coefficient (Wildman–Crippen LogP) is 5.66. The van der Waals surface area contributed by atoms with Gasteiger partial charge in [0.1, 0.15) is 11.5 Å². The van der Waals surface area contributed by atoms with Gasteiger partial charge in [-0.15, -0.1) is 0 Å². The van der Waals surface area contributed by atoms with Gasteiger partial charge in [0.25, 0.3) is 11.7 Å². The third kappa shape index (κ3) is 4.38. The number of rotatable bonds is 6. The lowest BCUT2D eigenvalue weighted by molar-refractivity contribution is -0.132. The summed E-state index contributed by atoms with van der Waals surface area (Å²) in [5.74, 6) is 0.145. The molecule has 1 N–H and O–H groups in total. The molecule has 0 bridgehead atoms. The van der Waals surface area contributed by atoms with Gasteiger partial charge in [0.15, 0.2) is 11.5 Å². The lowest BCUT2D eigenvalue weighted by Gasteiger charge is -2.27. The van der Waals surface area contributed by atoms with Crippen molar-refractivity contribution in [3.05, 3.63) is 88.0 Å². The largest absolute Gasteiger partial charge is 0.507 e. The van der Waals surface area contributed by atoms with Crippen LogP contribution in [0.2, 0.25) is 0 Å². The van der Waals surface area contributed by atoms with E-state index in [2.05, 4.69) is 0 Å². The van der Waals surface area contributed by atoms with Crippen LogP contribution >= 0.6 is 0 Å². The first-order valence-electron chi connectivity index (χ1n) is 12.8. The van der Waals surface area contributed by atoms with E-state index >= 15 is 0 Å². The Hall–Kier alpha value is -4.26. The van der Waals surface area contributed by atoms with Gasteiger partial charge in [-0.1, -0.05) is 23.8 Å². The fourth-order valence-corrected chi connectivity index (χ4v) is 5.27. The zero-order valence-electron chi connectivity index (χ0n) is 22.0. The maximum atomic E-state index is 13.6. The molecule has 0 spiro atoms. The smallest absolute Gasteiger partial charge is 0.300 e. The molecule has 196 valence electrons. The average molecular weight is 514 g/mol. The Morgan fingerprint density at radius 3 is 2.61 bits per heavy atom. The molecule has 5 rings (SSSR count). The quantitative estimate of drug-likeness (QED) is 0.260. The van der Waals surface area contributed by atoms with Crippen molar-refractivity contribution in [2.75, 3.05) is 25.2 Å². The van der Waals surface area contributed by atoms with Crippen LogP contribution in [0.5, 0.6) is 17.2 Å². The van der Waals surface area contributed by atoms with Gasteiger partial charge in [0.05, 0.1) is 31.9 Å². The number of methoxy groups -OCH3 is 1. The molecule has 1 saturated heterocycles. The van der Waals surface area contributed by atoms with Crippen molar-refractivity contribution in [2.45, 2.75) is 39.7 Å². The van der Waals surface area contributed by atoms with Crippen molar-refractivity contribution in [3.63, 3.8) is 0 Å². The normalized spacial score (nSPS) is 18.2. The molecule has 2 aliphatic heterocycles. The van der Waals surface area contributed by atoms with E-state index in [4.69, 9.17) is 14.2 Å². The Labute approximate surface area is 222 Å². The topological polar surface area (TPSA) is 85.3 Å². The van der Waals surface area contributed by atoms with E-state index in [-0.39, 0.29) is 11.3 Å². The van der Waals surface area contributed by atoms with Gasteiger partial charge in [-0.05, 0) is 86.7 Å². The fraction of sp³-hybridized carbons (Fsp3) is 0.290. The van der Waals surface area contributed by atoms with Gasteiger partial charge < -0.3 is 19.3 Å². The SMILES string of the molecule is CCOc1cc(C2/C(=C(\O)c3ccc4c(c3)CCCO4)C(=O)C(=O)N2c2ccc(C)cc2C)ccc1OC. The van der Waals surface area contributed by atoms with Crippen molar-refractivity contribution < 1.29 is 28.9 Å². The lowest BCUT2D eigenvalue weighted by Crippen LogP contribution is -2.30. The van der Waals surface area contributed by atoms with Crippen LogP contribution in [0.3, 0.4) is 0 Å². The monoisotopic (exact) mass is 513 g/mol. The minimum atomic E-state index is -0.867. The fourth-order valence-electron chi connectivity index (χ4n) is 5.27. The number of Topliss-reactive ketones (excluding diaryl/α,β-unsaturated/α-hetero) is 1. The Morgan fingerprint density at radius 1 is 1.05 bits per heavy atom. The summed E-state index contributed by atoms with van der Waals surface area (Å²) in [7, 11) is 1.55. The summed E-state index contributed by atoms with van der Waals surface area (Å²) in [6.45, 7) is 6.81. The molecule has 1 amide bonds. The first-order valence-corrected chi connectivity index (χ1v) is 12.8. The van der Waals surface area contributed by atoms with E-state index in [9.17, 15) is 14.7 Å². The number of ketones is 1. The molecular weight excluding hydrogens is 482 g/mol. The summed E-state index contributed by atoms with van der Waals surface area (Å²) in [4.78, 5) is 28.7. The maximum absolute atomic E-state index is 13.6. The summed E-state index contributed by atoms with van der Waals surface area (Å²) >= 11 is 0. The molecule has 0 saturated carbocycles. The molecule has 1 fully saturated rings. The number of carbonyl (C=O) groups is 2. The van der Waals surface area contributed by atoms with Gasteiger partial charge >= 0.3 is 0 Å². The highest BCUT2D eigenvalue weighted by molar-refractivity contribution is 6.51. The average Bonchev–Trinajstić information content (AvgIpc) is 3.18. The number of carbonyl (C=O) groups excluding carboxylic acids is 2. The zero-order chi connectivity index (χ0) is 27.0. The molecule has 1 atom stereocenters. The summed E-state index contributed by atoms with van der Waals surface area (Å²) in [5, 5.41) is 11.6. The number of nitrogens with zero attached hydrogens (tertiary/aromatic N) is 1. The number of hydrogen-bond donors (Lipinski definition) is 1. The first kappa shape index (κ1) is 25.4. The summed E-state index contributed by atoms with van der Waals surface area (Å²) < 4.78 is 17.0. The second-order valence-corrected chi connectivity index (χ2v) is 9.58. The molecule has 3 aromatic carbocycles. The number of anilines is 1. The van der Waals surface area contributed by atoms with Crippen LogP contribution in [0.1, 0.15) is 47.2 Å². The lowest BCUT2D eigenvalue weighted by atomic mass is 9.93. The number of aliphatic hydroxyl groups excluding tert-OH is 1. The molecule has 2 aliphatic rings. The standard InChI is InChI=1S/C31H31NO6/c1-5-37-26-17-21(9-13-25(26)36-4)28-27(29(33)22-10-12-24-20(16-22)7-6-14-38-24)30(34)31(35)32(28)23-11-8-18(2)15-19(23)3/h8-13,15-17,28,33H,5-7,14H2,1-4H3/b29-27+. The number of aryl methyl sites for hydroxylation is 3. The van der Waals surface area contributed by atoms with Gasteiger partial charge in [0, 0.05) is 11.3 Å². The van der Waals surface area contributed by atoms with E-state index in [1.807, 2.05) is 45.0 Å². The van der Waals surface area contributed by atoms with Crippen molar-refractivity contribution in [1.82, 2.24) is 0 Å². The number of amides is 1. The predicted molar refractivity (Wildman–Crippen MR) is 145 cm³/mol. The highest BCUT2D eigenvalue weighted by Gasteiger charge is 2.47. The summed E-state index contributed by atoms with van der Waals surface area (Å²) in [5.41, 5.74) is 4.57. The maximum Gasteiger partial charge on any atom is 0.300 e. The van der Waals surface area contributed by atoms with Crippen molar-refractivity contribution >= 4 is 23.1 Å². The van der Waals surface area contributed by atoms with Crippen LogP contribution < -0.4 is 19.1 Å². The zero-order valence-corrected chi connectivity index (χ0v) is 22.0. The molecule has 0 radical (unpaired) electrons. The third-order valence-electron chi connectivity index (χ3n) is 7.04. The Balaban J connectivity index is 1.73. The molecule has 3 aromatic rings. The molecule has 1 unspecified atom stereocenters. The van der Waals surface area contributed by atoms with E-state index in [0.29, 0.717) is 41.5 Å². The minimum absolute atomic E-state index is 0.0271. The molecule has 2 heterocycles. The van der Waals surface area contributed by atoms with E-state index in [1.54, 1.807) is 37.4 Å². The van der Waals surface area contributed by atoms with Crippen molar-refractivity contribution in [3.8, 4) is 17.2 Å². The number of aliphatic hydroxyl groups is 1. The van der Waals surface area contributed by atoms with E-state index in [1.165, 1.54) is 4.90 Å². The number of benzene rings is 3. The number of ether oxygens (including phenoxy) is 3. The molecule has 38 heavy (non-hydrogen) atoms. The highest BCUT2D eigenvalue weighted by atomic mass is 16.5. The van der Waals surface area contributed by atoms with Gasteiger partial charge in [-0.25, -0.2) is 0 Å². The van der Waals surface area contributed by atoms with Crippen LogP contribution in [0, 0.1) is 13.8 Å². The number of fused-ring (bicyclic) bond motifs is 1. The van der Waals surface area contributed by atoms with Gasteiger partial charge in [-0.3, -0.25) is 14.5 Å². The second-order valence-electron chi connectivity index (χ2n) is 9.58. The molecular formula is C31H31NO6. The van der Waals surface area contributed by atoms with Crippen LogP contribution in [-0.2, 0) is 16.0 Å². The van der Waals surface area contributed by atoms with Crippen LogP contribution in [0.4, 0.5) is 5.69 Å². The van der Waals surface area contributed by atoms with Crippen LogP contribution in [-0.4, -0.2) is 37.1 Å². The molecule has 7 nitrogen and oxygen atoms in total. The van der Waals surface area contributed by atoms with E-state index in [0.717, 1.165) is 35.3 Å². The van der Waals surface area contributed by atoms with Crippen molar-refractivity contribution in [2.24, 2.45) is 0 Å². The summed E-state index contributed by atoms with van der Waals surface area (Å²) in [6.07, 6.45) is 1.69. The Morgan fingerprint density at radius 2 is 1.87 bits per heavy atom. The van der Waals surface area contributed by atoms with Crippen LogP contribution in [0.15, 0.2) is 60.2 Å². The van der Waals surface area contributed by atoms with Gasteiger partial charge in [0.2, 0.25) is 0 Å². The Kier molecular flexibility index (Phi) is 6.85. The first-order chi connectivity index (χ1) is 18.3. The molecule has 0 aliphatic carbocycles. The summed E-state index contributed by atoms with van der Waals surface area (Å²) in [6, 6.07) is 15.5. The molecule has 0 aromatic heterocycles. The third-order valence-corrected chi connectivity index (χ3v) is 7.04. The highest BCUT2D eigenvalue weighted by Crippen LogP contribution is 2.45. The van der Waals surface area contributed by atoms with Crippen LogP contribution in [0.25, 0.3) is 5.76 Å². The van der Waals surface area contributed by atoms with Gasteiger partial charge in [-0.2, -0.15) is 0 Å². The van der Waals surface area contributed by atoms with Crippen molar-refractivity contribution in [1.29, 1.82) is 0 Å².